The van der Waals surface area contributed by atoms with E-state index < -0.39 is 11.8 Å². The van der Waals surface area contributed by atoms with E-state index in [1.807, 2.05) is 0 Å². The molecule has 0 saturated carbocycles. The molecule has 0 spiro atoms. The maximum Gasteiger partial charge on any atom is 0.257 e. The molecule has 0 radical (unpaired) electrons. The number of amides is 2. The van der Waals surface area contributed by atoms with Crippen molar-refractivity contribution in [1.29, 1.82) is 0 Å². The van der Waals surface area contributed by atoms with Gasteiger partial charge in [-0.3, -0.25) is 9.59 Å². The summed E-state index contributed by atoms with van der Waals surface area (Å²) >= 11 is 1.33. The zero-order chi connectivity index (χ0) is 9.84. The highest BCUT2D eigenvalue weighted by molar-refractivity contribution is 7.07. The highest BCUT2D eigenvalue weighted by atomic mass is 32.1. The van der Waals surface area contributed by atoms with Gasteiger partial charge in [0.1, 0.15) is 6.42 Å². The Morgan fingerprint density at radius 2 is 2.38 bits per heavy atom. The number of primary amides is 1. The first-order chi connectivity index (χ1) is 6.09. The second kappa shape index (κ2) is 3.99. The molecular formula is C7H9N3O2S. The Labute approximate surface area is 78.5 Å². The van der Waals surface area contributed by atoms with Crippen molar-refractivity contribution >= 4 is 23.2 Å². The Hall–Kier alpha value is -1.43. The van der Waals surface area contributed by atoms with Gasteiger partial charge in [-0.15, -0.1) is 11.3 Å². The van der Waals surface area contributed by atoms with Crippen LogP contribution >= 0.6 is 11.3 Å². The minimum absolute atomic E-state index is 0.335. The van der Waals surface area contributed by atoms with Crippen molar-refractivity contribution in [3.63, 3.8) is 0 Å². The van der Waals surface area contributed by atoms with Gasteiger partial charge in [-0.1, -0.05) is 0 Å². The maximum atomic E-state index is 11.0. The Balaban J connectivity index is 2.83. The van der Waals surface area contributed by atoms with Crippen molar-refractivity contribution in [2.45, 2.75) is 6.42 Å². The summed E-state index contributed by atoms with van der Waals surface area (Å²) in [4.78, 5) is 25.6. The third kappa shape index (κ3) is 2.83. The van der Waals surface area contributed by atoms with Crippen molar-refractivity contribution in [3.8, 4) is 0 Å². The fraction of sp³-hybridized carbons (Fsp3) is 0.286. The summed E-state index contributed by atoms with van der Waals surface area (Å²) in [5.41, 5.74) is 4.84. The molecule has 13 heavy (non-hydrogen) atoms. The Morgan fingerprint density at radius 1 is 1.69 bits per heavy atom. The van der Waals surface area contributed by atoms with Crippen molar-refractivity contribution in [2.24, 2.45) is 17.8 Å². The van der Waals surface area contributed by atoms with Gasteiger partial charge in [-0.25, -0.2) is 0 Å². The van der Waals surface area contributed by atoms with Crippen molar-refractivity contribution < 1.29 is 9.59 Å². The van der Waals surface area contributed by atoms with Crippen LogP contribution in [0.4, 0.5) is 0 Å². The number of nitrogens with zero attached hydrogens (tertiary/aromatic N) is 2. The number of hydrogen-bond acceptors (Lipinski definition) is 3. The lowest BCUT2D eigenvalue weighted by molar-refractivity contribution is -0.125. The standard InChI is InChI=1S/C7H9N3O2S/c1-10-2-3-13-7(10)9-6(12)4-5(8)11/h2-3H,4H2,1H3,(H2,8,11). The van der Waals surface area contributed by atoms with E-state index in [1.54, 1.807) is 23.2 Å². The second-order valence-corrected chi connectivity index (χ2v) is 3.32. The number of aryl methyl sites for hydroxylation is 1. The lowest BCUT2D eigenvalue weighted by Crippen LogP contribution is -2.18. The quantitative estimate of drug-likeness (QED) is 0.645. The van der Waals surface area contributed by atoms with Gasteiger partial charge in [0.15, 0.2) is 4.80 Å². The summed E-state index contributed by atoms with van der Waals surface area (Å²) in [6.07, 6.45) is 1.44. The first kappa shape index (κ1) is 9.66. The summed E-state index contributed by atoms with van der Waals surface area (Å²) in [7, 11) is 1.77. The van der Waals surface area contributed by atoms with E-state index in [0.29, 0.717) is 4.80 Å². The van der Waals surface area contributed by atoms with Crippen LogP contribution in [0.15, 0.2) is 16.6 Å². The molecule has 0 aromatic carbocycles. The fourth-order valence-electron chi connectivity index (χ4n) is 0.730. The zero-order valence-electron chi connectivity index (χ0n) is 7.06. The molecule has 0 aliphatic carbocycles. The third-order valence-corrected chi connectivity index (χ3v) is 2.15. The molecule has 0 bridgehead atoms. The van der Waals surface area contributed by atoms with Crippen LogP contribution in [0.25, 0.3) is 0 Å². The van der Waals surface area contributed by atoms with Gasteiger partial charge in [0, 0.05) is 18.6 Å². The summed E-state index contributed by atoms with van der Waals surface area (Å²) in [5.74, 6) is -1.17. The molecule has 0 fully saturated rings. The molecule has 0 saturated heterocycles. The van der Waals surface area contributed by atoms with Crippen molar-refractivity contribution in [1.82, 2.24) is 4.57 Å². The highest BCUT2D eigenvalue weighted by Crippen LogP contribution is 1.88. The average Bonchev–Trinajstić information content (AvgIpc) is 2.34. The van der Waals surface area contributed by atoms with Crippen LogP contribution < -0.4 is 10.5 Å². The molecule has 1 aromatic heterocycles. The largest absolute Gasteiger partial charge is 0.369 e. The highest BCUT2D eigenvalue weighted by Gasteiger charge is 2.03. The molecule has 6 heteroatoms. The lowest BCUT2D eigenvalue weighted by atomic mass is 10.4. The number of carbonyl (C=O) groups is 2. The minimum Gasteiger partial charge on any atom is -0.369 e. The van der Waals surface area contributed by atoms with Crippen LogP contribution in [0.2, 0.25) is 0 Å². The molecule has 1 heterocycles. The van der Waals surface area contributed by atoms with E-state index in [-0.39, 0.29) is 6.42 Å². The second-order valence-electron chi connectivity index (χ2n) is 2.45. The molecule has 0 atom stereocenters. The van der Waals surface area contributed by atoms with E-state index in [0.717, 1.165) is 0 Å². The Morgan fingerprint density at radius 3 is 2.85 bits per heavy atom. The Kier molecular flexibility index (Phi) is 2.97. The molecule has 5 nitrogen and oxygen atoms in total. The number of aromatic nitrogens is 1. The molecule has 1 aromatic rings. The Bertz CT molecular complexity index is 390. The number of nitrogens with two attached hydrogens (primary N) is 1. The number of carbonyl (C=O) groups excluding carboxylic acids is 2. The van der Waals surface area contributed by atoms with E-state index in [2.05, 4.69) is 4.99 Å². The topological polar surface area (TPSA) is 77.4 Å². The van der Waals surface area contributed by atoms with Gasteiger partial charge < -0.3 is 10.3 Å². The van der Waals surface area contributed by atoms with Gasteiger partial charge in [0.2, 0.25) is 5.91 Å². The van der Waals surface area contributed by atoms with E-state index >= 15 is 0 Å². The van der Waals surface area contributed by atoms with Crippen LogP contribution in [0, 0.1) is 0 Å². The summed E-state index contributed by atoms with van der Waals surface area (Å²) in [5, 5.41) is 1.80. The number of thiazole rings is 1. The van der Waals surface area contributed by atoms with E-state index in [1.165, 1.54) is 11.3 Å². The SMILES string of the molecule is Cn1ccsc1=NC(=O)CC(N)=O. The first-order valence-electron chi connectivity index (χ1n) is 3.55. The number of rotatable bonds is 2. The van der Waals surface area contributed by atoms with Gasteiger partial charge in [-0.2, -0.15) is 4.99 Å². The first-order valence-corrected chi connectivity index (χ1v) is 4.43. The monoisotopic (exact) mass is 199 g/mol. The predicted molar refractivity (Wildman–Crippen MR) is 47.7 cm³/mol. The molecule has 2 N–H and O–H groups in total. The predicted octanol–water partition coefficient (Wildman–Crippen LogP) is -0.611. The summed E-state index contributed by atoms with van der Waals surface area (Å²) in [6.45, 7) is 0. The van der Waals surface area contributed by atoms with Gasteiger partial charge in [-0.05, 0) is 0 Å². The summed E-state index contributed by atoms with van der Waals surface area (Å²) < 4.78 is 1.70. The van der Waals surface area contributed by atoms with Crippen LogP contribution in [-0.2, 0) is 16.6 Å². The third-order valence-electron chi connectivity index (χ3n) is 1.31. The van der Waals surface area contributed by atoms with Crippen LogP contribution in [0.5, 0.6) is 0 Å². The smallest absolute Gasteiger partial charge is 0.257 e. The molecule has 0 aliphatic rings. The molecule has 0 aliphatic heterocycles. The molecule has 0 unspecified atom stereocenters. The van der Waals surface area contributed by atoms with Gasteiger partial charge in [0.05, 0.1) is 0 Å². The maximum absolute atomic E-state index is 11.0. The van der Waals surface area contributed by atoms with Gasteiger partial charge in [0.25, 0.3) is 5.91 Å². The molecule has 2 amide bonds. The zero-order valence-corrected chi connectivity index (χ0v) is 7.87. The van der Waals surface area contributed by atoms with E-state index in [9.17, 15) is 9.59 Å². The minimum atomic E-state index is -0.659. The lowest BCUT2D eigenvalue weighted by Gasteiger charge is -1.89. The average molecular weight is 199 g/mol. The van der Waals surface area contributed by atoms with Crippen molar-refractivity contribution in [2.75, 3.05) is 0 Å². The number of hydrogen-bond donors (Lipinski definition) is 1. The van der Waals surface area contributed by atoms with E-state index in [4.69, 9.17) is 5.73 Å². The van der Waals surface area contributed by atoms with Crippen LogP contribution in [0.3, 0.4) is 0 Å². The molecule has 1 rings (SSSR count). The van der Waals surface area contributed by atoms with Crippen LogP contribution in [-0.4, -0.2) is 16.4 Å². The summed E-state index contributed by atoms with van der Waals surface area (Å²) in [6, 6.07) is 0. The van der Waals surface area contributed by atoms with Gasteiger partial charge >= 0.3 is 0 Å². The molecular weight excluding hydrogens is 190 g/mol. The normalized spacial score (nSPS) is 11.6. The fourth-order valence-corrected chi connectivity index (χ4v) is 1.48. The van der Waals surface area contributed by atoms with Crippen molar-refractivity contribution in [3.05, 3.63) is 16.4 Å². The van der Waals surface area contributed by atoms with Crippen LogP contribution in [0.1, 0.15) is 6.42 Å². The molecule has 70 valence electrons.